The minimum absolute atomic E-state index is 0.743. The van der Waals surface area contributed by atoms with E-state index in [2.05, 4.69) is 29.0 Å². The Morgan fingerprint density at radius 3 is 2.78 bits per heavy atom. The van der Waals surface area contributed by atoms with Crippen molar-refractivity contribution in [3.05, 3.63) is 12.4 Å². The number of hydrogen-bond donors (Lipinski definition) is 1. The van der Waals surface area contributed by atoms with Crippen molar-refractivity contribution in [1.82, 2.24) is 19.6 Å². The Morgan fingerprint density at radius 2 is 2.17 bits per heavy atom. The van der Waals surface area contributed by atoms with Crippen molar-refractivity contribution in [1.29, 1.82) is 0 Å². The van der Waals surface area contributed by atoms with Gasteiger partial charge in [-0.25, -0.2) is 0 Å². The molecule has 2 N–H and O–H groups in total. The molecule has 2 heterocycles. The Balaban J connectivity index is 1.67. The van der Waals surface area contributed by atoms with Crippen molar-refractivity contribution in [3.8, 4) is 0 Å². The molecule has 0 atom stereocenters. The number of nitrogens with zero attached hydrogens (tertiary/aromatic N) is 4. The fraction of sp³-hybridized carbons (Fsp3) is 0.769. The van der Waals surface area contributed by atoms with Gasteiger partial charge in [-0.15, -0.1) is 0 Å². The van der Waals surface area contributed by atoms with E-state index in [1.807, 2.05) is 10.9 Å². The quantitative estimate of drug-likeness (QED) is 0.838. The third-order valence-electron chi connectivity index (χ3n) is 3.77. The number of anilines is 1. The van der Waals surface area contributed by atoms with Gasteiger partial charge in [0.2, 0.25) is 0 Å². The van der Waals surface area contributed by atoms with Gasteiger partial charge in [0.05, 0.1) is 18.4 Å². The Bertz CT molecular complexity index is 354. The summed E-state index contributed by atoms with van der Waals surface area (Å²) in [6, 6.07) is 0. The van der Waals surface area contributed by atoms with Gasteiger partial charge in [-0.05, 0) is 45.9 Å². The van der Waals surface area contributed by atoms with Gasteiger partial charge < -0.3 is 15.5 Å². The minimum Gasteiger partial charge on any atom is -0.396 e. The summed E-state index contributed by atoms with van der Waals surface area (Å²) in [5.41, 5.74) is 6.39. The topological polar surface area (TPSA) is 50.3 Å². The molecule has 0 bridgehead atoms. The summed E-state index contributed by atoms with van der Waals surface area (Å²) in [5, 5.41) is 4.20. The molecule has 1 fully saturated rings. The van der Waals surface area contributed by atoms with Crippen LogP contribution in [0.3, 0.4) is 0 Å². The first-order valence-electron chi connectivity index (χ1n) is 6.78. The molecule has 1 aliphatic heterocycles. The lowest BCUT2D eigenvalue weighted by atomic mass is 9.97. The Morgan fingerprint density at radius 1 is 1.44 bits per heavy atom. The first-order valence-corrected chi connectivity index (χ1v) is 6.78. The molecule has 5 heteroatoms. The average molecular weight is 251 g/mol. The van der Waals surface area contributed by atoms with Crippen molar-refractivity contribution in [2.24, 2.45) is 5.92 Å². The normalized spacial score (nSPS) is 18.6. The first-order chi connectivity index (χ1) is 8.63. The number of aromatic nitrogens is 2. The summed E-state index contributed by atoms with van der Waals surface area (Å²) in [6.45, 7) is 5.64. The van der Waals surface area contributed by atoms with Crippen LogP contribution in [0, 0.1) is 5.92 Å². The zero-order chi connectivity index (χ0) is 13.0. The number of likely N-dealkylation sites (tertiary alicyclic amines) is 1. The van der Waals surface area contributed by atoms with E-state index in [1.54, 1.807) is 6.20 Å². The lowest BCUT2D eigenvalue weighted by Crippen LogP contribution is -2.36. The maximum absolute atomic E-state index is 5.65. The van der Waals surface area contributed by atoms with E-state index in [0.717, 1.165) is 24.7 Å². The van der Waals surface area contributed by atoms with E-state index in [0.29, 0.717) is 0 Å². The maximum atomic E-state index is 5.65. The molecular weight excluding hydrogens is 226 g/mol. The van der Waals surface area contributed by atoms with E-state index in [4.69, 9.17) is 5.73 Å². The highest BCUT2D eigenvalue weighted by molar-refractivity contribution is 5.30. The number of rotatable bonds is 5. The van der Waals surface area contributed by atoms with Crippen LogP contribution >= 0.6 is 0 Å². The van der Waals surface area contributed by atoms with Crippen LogP contribution in [0.2, 0.25) is 0 Å². The van der Waals surface area contributed by atoms with Crippen molar-refractivity contribution >= 4 is 5.69 Å². The predicted octanol–water partition coefficient (Wildman–Crippen LogP) is 0.739. The third-order valence-corrected chi connectivity index (χ3v) is 3.77. The van der Waals surface area contributed by atoms with Gasteiger partial charge in [-0.1, -0.05) is 0 Å². The zero-order valence-electron chi connectivity index (χ0n) is 11.5. The van der Waals surface area contributed by atoms with Crippen LogP contribution in [-0.4, -0.2) is 59.9 Å². The number of likely N-dealkylation sites (N-methyl/N-ethyl adjacent to an activating group) is 1. The van der Waals surface area contributed by atoms with Gasteiger partial charge in [0.25, 0.3) is 0 Å². The van der Waals surface area contributed by atoms with Crippen LogP contribution in [0.25, 0.3) is 0 Å². The number of nitrogens with two attached hydrogens (primary N) is 1. The lowest BCUT2D eigenvalue weighted by molar-refractivity contribution is 0.173. The number of hydrogen-bond acceptors (Lipinski definition) is 4. The van der Waals surface area contributed by atoms with Gasteiger partial charge in [-0.2, -0.15) is 5.10 Å². The van der Waals surface area contributed by atoms with E-state index < -0.39 is 0 Å². The van der Waals surface area contributed by atoms with Gasteiger partial charge >= 0.3 is 0 Å². The zero-order valence-corrected chi connectivity index (χ0v) is 11.5. The summed E-state index contributed by atoms with van der Waals surface area (Å²) in [7, 11) is 4.41. The van der Waals surface area contributed by atoms with Crippen molar-refractivity contribution in [2.45, 2.75) is 19.4 Å². The smallest absolute Gasteiger partial charge is 0.0719 e. The third kappa shape index (κ3) is 3.99. The van der Waals surface area contributed by atoms with Crippen LogP contribution in [0.5, 0.6) is 0 Å². The molecule has 0 aliphatic carbocycles. The maximum Gasteiger partial charge on any atom is 0.0719 e. The summed E-state index contributed by atoms with van der Waals surface area (Å²) in [4.78, 5) is 4.83. The Kier molecular flexibility index (Phi) is 4.60. The molecule has 18 heavy (non-hydrogen) atoms. The molecule has 0 unspecified atom stereocenters. The summed E-state index contributed by atoms with van der Waals surface area (Å²) >= 11 is 0. The molecule has 2 rings (SSSR count). The highest BCUT2D eigenvalue weighted by atomic mass is 15.3. The summed E-state index contributed by atoms with van der Waals surface area (Å²) < 4.78 is 1.92. The molecule has 0 amide bonds. The molecule has 0 radical (unpaired) electrons. The van der Waals surface area contributed by atoms with Crippen LogP contribution in [0.15, 0.2) is 12.4 Å². The first kappa shape index (κ1) is 13.4. The Labute approximate surface area is 110 Å². The van der Waals surface area contributed by atoms with Gasteiger partial charge in [0, 0.05) is 19.3 Å². The van der Waals surface area contributed by atoms with E-state index >= 15 is 0 Å². The monoisotopic (exact) mass is 251 g/mol. The average Bonchev–Trinajstić information content (AvgIpc) is 2.76. The summed E-state index contributed by atoms with van der Waals surface area (Å²) in [6.07, 6.45) is 6.26. The second-order valence-corrected chi connectivity index (χ2v) is 5.55. The second-order valence-electron chi connectivity index (χ2n) is 5.55. The van der Waals surface area contributed by atoms with E-state index in [9.17, 15) is 0 Å². The summed E-state index contributed by atoms with van der Waals surface area (Å²) in [5.74, 6) is 0.855. The van der Waals surface area contributed by atoms with E-state index in [-0.39, 0.29) is 0 Å². The number of nitrogen functional groups attached to an aromatic ring is 1. The van der Waals surface area contributed by atoms with Crippen molar-refractivity contribution in [3.63, 3.8) is 0 Å². The van der Waals surface area contributed by atoms with Gasteiger partial charge in [0.1, 0.15) is 0 Å². The second kappa shape index (κ2) is 6.20. The molecular formula is C13H25N5. The number of piperidine rings is 1. The predicted molar refractivity (Wildman–Crippen MR) is 74.4 cm³/mol. The van der Waals surface area contributed by atoms with Crippen molar-refractivity contribution < 1.29 is 0 Å². The van der Waals surface area contributed by atoms with E-state index in [1.165, 1.54) is 32.5 Å². The highest BCUT2D eigenvalue weighted by Gasteiger charge is 2.17. The van der Waals surface area contributed by atoms with Gasteiger partial charge in [0.15, 0.2) is 0 Å². The molecule has 102 valence electrons. The molecule has 1 saturated heterocycles. The Hall–Kier alpha value is -1.07. The van der Waals surface area contributed by atoms with Crippen LogP contribution < -0.4 is 5.73 Å². The van der Waals surface area contributed by atoms with Crippen LogP contribution in [0.4, 0.5) is 5.69 Å². The highest BCUT2D eigenvalue weighted by Crippen LogP contribution is 2.16. The molecule has 5 nitrogen and oxygen atoms in total. The fourth-order valence-electron chi connectivity index (χ4n) is 2.55. The van der Waals surface area contributed by atoms with Crippen molar-refractivity contribution in [2.75, 3.05) is 46.0 Å². The van der Waals surface area contributed by atoms with Crippen LogP contribution in [0.1, 0.15) is 12.8 Å². The van der Waals surface area contributed by atoms with Crippen LogP contribution in [-0.2, 0) is 6.54 Å². The largest absolute Gasteiger partial charge is 0.396 e. The molecule has 0 spiro atoms. The molecule has 1 aliphatic rings. The molecule has 0 saturated carbocycles. The fourth-order valence-corrected chi connectivity index (χ4v) is 2.55. The lowest BCUT2D eigenvalue weighted by Gasteiger charge is -2.31. The standard InChI is InChI=1S/C13H25N5/c1-16-5-3-12(4-6-16)10-17(2)7-8-18-11-13(14)9-15-18/h9,11-12H,3-8,10,14H2,1-2H3. The minimum atomic E-state index is 0.743. The molecule has 1 aromatic heterocycles. The SMILES string of the molecule is CN1CCC(CN(C)CCn2cc(N)cn2)CC1. The molecule has 1 aromatic rings. The molecule has 0 aromatic carbocycles. The van der Waals surface area contributed by atoms with Gasteiger partial charge in [-0.3, -0.25) is 4.68 Å².